The quantitative estimate of drug-likeness (QED) is 0.787. The summed E-state index contributed by atoms with van der Waals surface area (Å²) in [6, 6.07) is 15.7. The lowest BCUT2D eigenvalue weighted by molar-refractivity contribution is -0.145. The number of carbonyl (C=O) groups excluding carboxylic acids is 2. The van der Waals surface area contributed by atoms with Crippen LogP contribution in [0.25, 0.3) is 0 Å². The van der Waals surface area contributed by atoms with E-state index in [0.29, 0.717) is 12.0 Å². The van der Waals surface area contributed by atoms with E-state index < -0.39 is 12.0 Å². The molecule has 2 rings (SSSR count). The molecule has 5 heteroatoms. The molecule has 0 aliphatic carbocycles. The minimum Gasteiger partial charge on any atom is -0.464 e. The molecule has 0 saturated heterocycles. The Morgan fingerprint density at radius 3 is 2.35 bits per heavy atom. The Bertz CT molecular complexity index is 656. The monoisotopic (exact) mass is 375 g/mol. The van der Waals surface area contributed by atoms with Crippen LogP contribution in [0.4, 0.5) is 0 Å². The highest BCUT2D eigenvalue weighted by Gasteiger charge is 2.23. The highest BCUT2D eigenvalue weighted by Crippen LogP contribution is 2.13. The average Bonchev–Trinajstić information content (AvgIpc) is 2.57. The third-order valence-corrected chi connectivity index (χ3v) is 3.79. The van der Waals surface area contributed by atoms with Crippen LogP contribution in [0.5, 0.6) is 0 Å². The molecule has 0 bridgehead atoms. The predicted octanol–water partition coefficient (Wildman–Crippen LogP) is 3.35. The van der Waals surface area contributed by atoms with Gasteiger partial charge in [0.2, 0.25) is 0 Å². The molecule has 2 aromatic rings. The minimum atomic E-state index is -0.719. The van der Waals surface area contributed by atoms with Gasteiger partial charge in [0.05, 0.1) is 6.61 Å². The van der Waals surface area contributed by atoms with E-state index in [0.717, 1.165) is 10.0 Å². The Morgan fingerprint density at radius 2 is 1.74 bits per heavy atom. The second kappa shape index (κ2) is 8.48. The van der Waals surface area contributed by atoms with Crippen LogP contribution in [0, 0.1) is 0 Å². The zero-order valence-electron chi connectivity index (χ0n) is 12.8. The molecule has 120 valence electrons. The standard InChI is InChI=1S/C18H18BrNO3/c1-2-23-18(22)16(12-13-8-10-15(19)11-9-13)20-17(21)14-6-4-3-5-7-14/h3-11,16H,2,12H2,1H3,(H,20,21)/t16-/m0/s1. The number of carbonyl (C=O) groups is 2. The van der Waals surface area contributed by atoms with Crippen LogP contribution in [0.2, 0.25) is 0 Å². The second-order valence-electron chi connectivity index (χ2n) is 4.97. The van der Waals surface area contributed by atoms with Crippen LogP contribution in [0.1, 0.15) is 22.8 Å². The molecular weight excluding hydrogens is 358 g/mol. The fraction of sp³-hybridized carbons (Fsp3) is 0.222. The zero-order valence-corrected chi connectivity index (χ0v) is 14.4. The molecule has 4 nitrogen and oxygen atoms in total. The largest absolute Gasteiger partial charge is 0.464 e. The summed E-state index contributed by atoms with van der Waals surface area (Å²) >= 11 is 3.37. The van der Waals surface area contributed by atoms with Gasteiger partial charge in [0, 0.05) is 16.5 Å². The first-order chi connectivity index (χ1) is 11.1. The number of rotatable bonds is 6. The predicted molar refractivity (Wildman–Crippen MR) is 92.2 cm³/mol. The lowest BCUT2D eigenvalue weighted by atomic mass is 10.1. The number of amides is 1. The summed E-state index contributed by atoms with van der Waals surface area (Å²) in [6.45, 7) is 2.02. The van der Waals surface area contributed by atoms with Crippen LogP contribution >= 0.6 is 15.9 Å². The molecule has 0 aliphatic rings. The normalized spacial score (nSPS) is 11.6. The van der Waals surface area contributed by atoms with E-state index in [1.165, 1.54) is 0 Å². The summed E-state index contributed by atoms with van der Waals surface area (Å²) in [4.78, 5) is 24.4. The number of halogens is 1. The smallest absolute Gasteiger partial charge is 0.328 e. The maximum absolute atomic E-state index is 12.3. The molecule has 0 spiro atoms. The number of ether oxygens (including phenoxy) is 1. The van der Waals surface area contributed by atoms with E-state index >= 15 is 0 Å². The van der Waals surface area contributed by atoms with Crippen molar-refractivity contribution in [3.05, 3.63) is 70.2 Å². The van der Waals surface area contributed by atoms with Crippen molar-refractivity contribution in [3.63, 3.8) is 0 Å². The molecule has 0 aromatic heterocycles. The maximum Gasteiger partial charge on any atom is 0.328 e. The maximum atomic E-state index is 12.3. The first-order valence-electron chi connectivity index (χ1n) is 7.37. The number of nitrogens with one attached hydrogen (secondary N) is 1. The highest BCUT2D eigenvalue weighted by atomic mass is 79.9. The Kier molecular flexibility index (Phi) is 6.35. The van der Waals surface area contributed by atoms with Gasteiger partial charge in [0.15, 0.2) is 0 Å². The topological polar surface area (TPSA) is 55.4 Å². The van der Waals surface area contributed by atoms with Crippen molar-refractivity contribution in [1.82, 2.24) is 5.32 Å². The Balaban J connectivity index is 2.12. The van der Waals surface area contributed by atoms with Gasteiger partial charge in [-0.2, -0.15) is 0 Å². The molecule has 23 heavy (non-hydrogen) atoms. The van der Waals surface area contributed by atoms with E-state index in [2.05, 4.69) is 21.2 Å². The van der Waals surface area contributed by atoms with Gasteiger partial charge in [-0.15, -0.1) is 0 Å². The van der Waals surface area contributed by atoms with Gasteiger partial charge in [-0.1, -0.05) is 46.3 Å². The van der Waals surface area contributed by atoms with Gasteiger partial charge < -0.3 is 10.1 Å². The van der Waals surface area contributed by atoms with Crippen LogP contribution in [0.15, 0.2) is 59.1 Å². The third kappa shape index (κ3) is 5.21. The van der Waals surface area contributed by atoms with E-state index in [4.69, 9.17) is 4.74 Å². The number of esters is 1. The fourth-order valence-corrected chi connectivity index (χ4v) is 2.39. The van der Waals surface area contributed by atoms with E-state index in [-0.39, 0.29) is 12.5 Å². The molecule has 0 unspecified atom stereocenters. The molecule has 0 saturated carbocycles. The van der Waals surface area contributed by atoms with Crippen LogP contribution in [-0.4, -0.2) is 24.5 Å². The summed E-state index contributed by atoms with van der Waals surface area (Å²) < 4.78 is 6.03. The minimum absolute atomic E-state index is 0.275. The van der Waals surface area contributed by atoms with Crippen LogP contribution < -0.4 is 5.32 Å². The molecular formula is C18H18BrNO3. The van der Waals surface area contributed by atoms with Crippen molar-refractivity contribution >= 4 is 27.8 Å². The Morgan fingerprint density at radius 1 is 1.09 bits per heavy atom. The van der Waals surface area contributed by atoms with E-state index in [9.17, 15) is 9.59 Å². The number of benzene rings is 2. The fourth-order valence-electron chi connectivity index (χ4n) is 2.12. The molecule has 1 N–H and O–H groups in total. The molecule has 0 heterocycles. The van der Waals surface area contributed by atoms with Gasteiger partial charge in [-0.05, 0) is 36.8 Å². The summed E-state index contributed by atoms with van der Waals surface area (Å²) in [5.41, 5.74) is 1.46. The lowest BCUT2D eigenvalue weighted by Gasteiger charge is -2.17. The number of hydrogen-bond donors (Lipinski definition) is 1. The average molecular weight is 376 g/mol. The number of hydrogen-bond acceptors (Lipinski definition) is 3. The second-order valence-corrected chi connectivity index (χ2v) is 5.89. The van der Waals surface area contributed by atoms with Crippen molar-refractivity contribution in [2.24, 2.45) is 0 Å². The molecule has 1 atom stereocenters. The summed E-state index contributed by atoms with van der Waals surface area (Å²) in [5.74, 6) is -0.722. The van der Waals surface area contributed by atoms with Crippen LogP contribution in [0.3, 0.4) is 0 Å². The summed E-state index contributed by atoms with van der Waals surface area (Å²) in [5, 5.41) is 2.76. The van der Waals surface area contributed by atoms with Crippen molar-refractivity contribution in [2.75, 3.05) is 6.61 Å². The van der Waals surface area contributed by atoms with Crippen LogP contribution in [-0.2, 0) is 16.0 Å². The highest BCUT2D eigenvalue weighted by molar-refractivity contribution is 9.10. The third-order valence-electron chi connectivity index (χ3n) is 3.27. The Labute approximate surface area is 144 Å². The summed E-state index contributed by atoms with van der Waals surface area (Å²) in [7, 11) is 0. The van der Waals surface area contributed by atoms with Gasteiger partial charge in [0.25, 0.3) is 5.91 Å². The zero-order chi connectivity index (χ0) is 16.7. The first kappa shape index (κ1) is 17.2. The Hall–Kier alpha value is -2.14. The molecule has 2 aromatic carbocycles. The van der Waals surface area contributed by atoms with Gasteiger partial charge >= 0.3 is 5.97 Å². The van der Waals surface area contributed by atoms with Gasteiger partial charge in [0.1, 0.15) is 6.04 Å². The lowest BCUT2D eigenvalue weighted by Crippen LogP contribution is -2.43. The first-order valence-corrected chi connectivity index (χ1v) is 8.16. The molecule has 1 amide bonds. The van der Waals surface area contributed by atoms with Crippen molar-refractivity contribution in [3.8, 4) is 0 Å². The van der Waals surface area contributed by atoms with E-state index in [1.807, 2.05) is 30.3 Å². The van der Waals surface area contributed by atoms with Crippen molar-refractivity contribution in [2.45, 2.75) is 19.4 Å². The van der Waals surface area contributed by atoms with Gasteiger partial charge in [-0.25, -0.2) is 4.79 Å². The summed E-state index contributed by atoms with van der Waals surface area (Å²) in [6.07, 6.45) is 0.380. The molecule has 0 aliphatic heterocycles. The van der Waals surface area contributed by atoms with Crippen molar-refractivity contribution in [1.29, 1.82) is 0 Å². The molecule has 0 radical (unpaired) electrons. The molecule has 0 fully saturated rings. The van der Waals surface area contributed by atoms with Crippen molar-refractivity contribution < 1.29 is 14.3 Å². The SMILES string of the molecule is CCOC(=O)[C@H](Cc1ccc(Br)cc1)NC(=O)c1ccccc1. The van der Waals surface area contributed by atoms with E-state index in [1.54, 1.807) is 31.2 Å². The van der Waals surface area contributed by atoms with Gasteiger partial charge in [-0.3, -0.25) is 4.79 Å².